The minimum Gasteiger partial charge on any atom is -0.314 e. The van der Waals surface area contributed by atoms with Gasteiger partial charge in [-0.25, -0.2) is 0 Å². The maximum Gasteiger partial charge on any atom is 0.0464 e. The Bertz CT molecular complexity index is 1770. The van der Waals surface area contributed by atoms with E-state index in [1.807, 2.05) is 0 Å². The van der Waals surface area contributed by atoms with Gasteiger partial charge in [0.2, 0.25) is 0 Å². The van der Waals surface area contributed by atoms with Crippen molar-refractivity contribution in [2.24, 2.45) is 5.92 Å². The molecule has 0 amide bonds. The van der Waals surface area contributed by atoms with Crippen molar-refractivity contribution in [1.82, 2.24) is 0 Å². The van der Waals surface area contributed by atoms with Crippen LogP contribution in [0.3, 0.4) is 0 Å². The van der Waals surface area contributed by atoms with Crippen LogP contribution in [-0.4, -0.2) is 0 Å². The second-order valence-electron chi connectivity index (χ2n) is 10.8. The van der Waals surface area contributed by atoms with Crippen molar-refractivity contribution in [3.05, 3.63) is 192 Å². The van der Waals surface area contributed by atoms with Gasteiger partial charge < -0.3 is 4.90 Å². The van der Waals surface area contributed by atoms with Crippen LogP contribution < -0.4 is 4.90 Å². The normalized spacial score (nSPS) is 15.2. The molecule has 6 rings (SSSR count). The molecule has 1 unspecified atom stereocenters. The molecule has 0 radical (unpaired) electrons. The summed E-state index contributed by atoms with van der Waals surface area (Å²) in [6, 6.07) is 49.9. The first-order valence-electron chi connectivity index (χ1n) is 15.1. The fraction of sp³-hybridized carbons (Fsp3) is 0.0952. The molecule has 1 atom stereocenters. The van der Waals surface area contributed by atoms with Crippen molar-refractivity contribution in [3.8, 4) is 11.1 Å². The van der Waals surface area contributed by atoms with Gasteiger partial charge in [0.1, 0.15) is 0 Å². The summed E-state index contributed by atoms with van der Waals surface area (Å²) in [4.78, 5) is 2.44. The number of benzene rings is 5. The SMILES string of the molecule is CC=C(c1ccccc1)c1cccc(N(C2=CC=CC(C(=CC)c3ccccc3)C2)c2ccc(-c3ccccc3)cc2)c1. The summed E-state index contributed by atoms with van der Waals surface area (Å²) in [5, 5.41) is 0. The molecule has 1 aliphatic carbocycles. The second kappa shape index (κ2) is 13.2. The van der Waals surface area contributed by atoms with Crippen molar-refractivity contribution < 1.29 is 0 Å². The zero-order valence-corrected chi connectivity index (χ0v) is 24.9. The number of hydrogen-bond acceptors (Lipinski definition) is 1. The number of allylic oxidation sites excluding steroid dienone is 7. The molecular weight excluding hydrogens is 518 g/mol. The summed E-state index contributed by atoms with van der Waals surface area (Å²) in [6.07, 6.45) is 12.2. The van der Waals surface area contributed by atoms with Gasteiger partial charge in [0.25, 0.3) is 0 Å². The smallest absolute Gasteiger partial charge is 0.0464 e. The number of hydrogen-bond donors (Lipinski definition) is 0. The lowest BCUT2D eigenvalue weighted by molar-refractivity contribution is 0.782. The molecule has 0 heterocycles. The lowest BCUT2D eigenvalue weighted by atomic mass is 9.85. The van der Waals surface area contributed by atoms with E-state index in [0.717, 1.165) is 17.8 Å². The van der Waals surface area contributed by atoms with Crippen molar-refractivity contribution >= 4 is 22.5 Å². The van der Waals surface area contributed by atoms with Crippen LogP contribution >= 0.6 is 0 Å². The third-order valence-electron chi connectivity index (χ3n) is 8.19. The molecule has 0 spiro atoms. The molecule has 0 saturated heterocycles. The maximum absolute atomic E-state index is 2.44. The Kier molecular flexibility index (Phi) is 8.61. The molecule has 5 aromatic carbocycles. The highest BCUT2D eigenvalue weighted by Gasteiger charge is 2.23. The summed E-state index contributed by atoms with van der Waals surface area (Å²) in [6.45, 7) is 4.27. The highest BCUT2D eigenvalue weighted by Crippen LogP contribution is 2.40. The van der Waals surface area contributed by atoms with Gasteiger partial charge in [-0.1, -0.05) is 140 Å². The standard InChI is InChI=1S/C42H37N/c1-3-41(34-18-10-6-11-19-34)36-22-14-24-39(30-36)43(38-28-26-33(27-29-38)32-16-8-5-9-17-32)40-25-15-23-37(31-40)42(4-2)35-20-12-7-13-21-35/h3-30,37H,31H2,1-2H3. The molecule has 0 bridgehead atoms. The first-order chi connectivity index (χ1) is 21.2. The lowest BCUT2D eigenvalue weighted by Crippen LogP contribution is -2.20. The van der Waals surface area contributed by atoms with Gasteiger partial charge in [0, 0.05) is 23.0 Å². The Labute approximate surface area is 256 Å². The van der Waals surface area contributed by atoms with Gasteiger partial charge >= 0.3 is 0 Å². The first kappa shape index (κ1) is 28.0. The zero-order valence-electron chi connectivity index (χ0n) is 24.9. The molecular formula is C42H37N. The number of nitrogens with zero attached hydrogens (tertiary/aromatic N) is 1. The zero-order chi connectivity index (χ0) is 29.4. The van der Waals surface area contributed by atoms with Crippen LogP contribution in [0.15, 0.2) is 176 Å². The Balaban J connectivity index is 1.41. The summed E-state index contributed by atoms with van der Waals surface area (Å²) < 4.78 is 0. The molecule has 0 aromatic heterocycles. The third kappa shape index (κ3) is 6.22. The number of anilines is 2. The van der Waals surface area contributed by atoms with Gasteiger partial charge in [0.05, 0.1) is 0 Å². The molecule has 0 N–H and O–H groups in total. The van der Waals surface area contributed by atoms with Crippen LogP contribution in [0.2, 0.25) is 0 Å². The quantitative estimate of drug-likeness (QED) is 0.184. The predicted molar refractivity (Wildman–Crippen MR) is 185 cm³/mol. The van der Waals surface area contributed by atoms with Crippen LogP contribution in [0.4, 0.5) is 11.4 Å². The van der Waals surface area contributed by atoms with E-state index in [9.17, 15) is 0 Å². The Hall–Kier alpha value is -5.14. The molecule has 1 aliphatic rings. The predicted octanol–water partition coefficient (Wildman–Crippen LogP) is 11.5. The van der Waals surface area contributed by atoms with Crippen LogP contribution in [0.5, 0.6) is 0 Å². The first-order valence-corrected chi connectivity index (χ1v) is 15.1. The van der Waals surface area contributed by atoms with Crippen molar-refractivity contribution in [2.45, 2.75) is 20.3 Å². The minimum absolute atomic E-state index is 0.289. The molecule has 5 aromatic rings. The van der Waals surface area contributed by atoms with Crippen molar-refractivity contribution in [3.63, 3.8) is 0 Å². The molecule has 0 fully saturated rings. The van der Waals surface area contributed by atoms with E-state index < -0.39 is 0 Å². The number of rotatable bonds is 8. The van der Waals surface area contributed by atoms with E-state index >= 15 is 0 Å². The molecule has 210 valence electrons. The summed E-state index contributed by atoms with van der Waals surface area (Å²) in [5.74, 6) is 0.289. The van der Waals surface area contributed by atoms with Gasteiger partial charge in [-0.3, -0.25) is 0 Å². The topological polar surface area (TPSA) is 3.24 Å². The van der Waals surface area contributed by atoms with Gasteiger partial charge in [-0.05, 0) is 89.6 Å². The fourth-order valence-corrected chi connectivity index (χ4v) is 6.11. The average Bonchev–Trinajstić information content (AvgIpc) is 3.08. The Morgan fingerprint density at radius 1 is 0.581 bits per heavy atom. The third-order valence-corrected chi connectivity index (χ3v) is 8.19. The van der Waals surface area contributed by atoms with Crippen LogP contribution in [0.1, 0.15) is 37.0 Å². The minimum atomic E-state index is 0.289. The summed E-state index contributed by atoms with van der Waals surface area (Å²) >= 11 is 0. The van der Waals surface area contributed by atoms with Gasteiger partial charge in [0.15, 0.2) is 0 Å². The van der Waals surface area contributed by atoms with E-state index in [1.165, 1.54) is 44.7 Å². The average molecular weight is 556 g/mol. The largest absolute Gasteiger partial charge is 0.314 e. The van der Waals surface area contributed by atoms with Crippen LogP contribution in [0.25, 0.3) is 22.3 Å². The summed E-state index contributed by atoms with van der Waals surface area (Å²) in [5.41, 5.74) is 12.3. The van der Waals surface area contributed by atoms with E-state index in [-0.39, 0.29) is 5.92 Å². The lowest BCUT2D eigenvalue weighted by Gasteiger charge is -2.32. The maximum atomic E-state index is 2.44. The molecule has 0 aliphatic heterocycles. The van der Waals surface area contributed by atoms with E-state index in [1.54, 1.807) is 0 Å². The fourth-order valence-electron chi connectivity index (χ4n) is 6.11. The van der Waals surface area contributed by atoms with E-state index in [4.69, 9.17) is 0 Å². The Morgan fingerprint density at radius 3 is 1.84 bits per heavy atom. The monoisotopic (exact) mass is 555 g/mol. The van der Waals surface area contributed by atoms with Crippen LogP contribution in [-0.2, 0) is 0 Å². The highest BCUT2D eigenvalue weighted by molar-refractivity contribution is 5.83. The van der Waals surface area contributed by atoms with Crippen LogP contribution in [0, 0.1) is 5.92 Å². The van der Waals surface area contributed by atoms with Crippen molar-refractivity contribution in [2.75, 3.05) is 4.90 Å². The second-order valence-corrected chi connectivity index (χ2v) is 10.8. The molecule has 43 heavy (non-hydrogen) atoms. The van der Waals surface area contributed by atoms with Gasteiger partial charge in [-0.2, -0.15) is 0 Å². The molecule has 0 saturated carbocycles. The van der Waals surface area contributed by atoms with E-state index in [0.29, 0.717) is 0 Å². The molecule has 1 nitrogen and oxygen atoms in total. The van der Waals surface area contributed by atoms with Gasteiger partial charge in [-0.15, -0.1) is 0 Å². The molecule has 1 heteroatoms. The summed E-state index contributed by atoms with van der Waals surface area (Å²) in [7, 11) is 0. The highest BCUT2D eigenvalue weighted by atomic mass is 15.1. The Morgan fingerprint density at radius 2 is 1.19 bits per heavy atom. The van der Waals surface area contributed by atoms with E-state index in [2.05, 4.69) is 189 Å². The van der Waals surface area contributed by atoms with Crippen molar-refractivity contribution in [1.29, 1.82) is 0 Å².